The van der Waals surface area contributed by atoms with Crippen LogP contribution in [-0.4, -0.2) is 32.2 Å². The third-order valence-corrected chi connectivity index (χ3v) is 4.12. The smallest absolute Gasteiger partial charge is 0.276 e. The van der Waals surface area contributed by atoms with Crippen molar-refractivity contribution in [2.24, 2.45) is 0 Å². The first-order valence-electron chi connectivity index (χ1n) is 8.93. The molecule has 0 saturated carbocycles. The molecule has 0 unspecified atom stereocenters. The number of fused-ring (bicyclic) bond motifs is 1. The Balaban J connectivity index is 1.59. The van der Waals surface area contributed by atoms with Gasteiger partial charge in [-0.3, -0.25) is 14.9 Å². The SMILES string of the molecule is CC(C)Oc1ccc(NC(=O)c2n[nH]c3ccc(-c4cccnc4)cc23)cn1. The summed E-state index contributed by atoms with van der Waals surface area (Å²) in [5.74, 6) is 0.202. The van der Waals surface area contributed by atoms with Crippen LogP contribution in [0.2, 0.25) is 0 Å². The summed E-state index contributed by atoms with van der Waals surface area (Å²) in [5.41, 5.74) is 3.62. The summed E-state index contributed by atoms with van der Waals surface area (Å²) in [7, 11) is 0. The molecule has 3 heterocycles. The molecule has 28 heavy (non-hydrogen) atoms. The van der Waals surface area contributed by atoms with Crippen LogP contribution < -0.4 is 10.1 Å². The van der Waals surface area contributed by atoms with Crippen LogP contribution in [0.1, 0.15) is 24.3 Å². The fourth-order valence-electron chi connectivity index (χ4n) is 2.86. The molecular formula is C21H19N5O2. The van der Waals surface area contributed by atoms with Crippen molar-refractivity contribution in [1.29, 1.82) is 0 Å². The van der Waals surface area contributed by atoms with Crippen LogP contribution in [0.15, 0.2) is 61.1 Å². The van der Waals surface area contributed by atoms with Crippen molar-refractivity contribution in [2.45, 2.75) is 20.0 Å². The average molecular weight is 373 g/mol. The van der Waals surface area contributed by atoms with E-state index in [1.165, 1.54) is 0 Å². The van der Waals surface area contributed by atoms with Crippen molar-refractivity contribution in [3.05, 3.63) is 66.7 Å². The summed E-state index contributed by atoms with van der Waals surface area (Å²) in [4.78, 5) is 21.1. The molecule has 140 valence electrons. The van der Waals surface area contributed by atoms with E-state index in [9.17, 15) is 4.79 Å². The van der Waals surface area contributed by atoms with Crippen LogP contribution in [0.4, 0.5) is 5.69 Å². The highest BCUT2D eigenvalue weighted by molar-refractivity contribution is 6.11. The molecule has 4 rings (SSSR count). The molecule has 0 spiro atoms. The first-order valence-corrected chi connectivity index (χ1v) is 8.93. The number of pyridine rings is 2. The summed E-state index contributed by atoms with van der Waals surface area (Å²) in [5, 5.41) is 10.7. The molecule has 0 saturated heterocycles. The van der Waals surface area contributed by atoms with Gasteiger partial charge in [-0.05, 0) is 43.7 Å². The fourth-order valence-corrected chi connectivity index (χ4v) is 2.86. The van der Waals surface area contributed by atoms with Gasteiger partial charge in [0.15, 0.2) is 5.69 Å². The van der Waals surface area contributed by atoms with Crippen molar-refractivity contribution >= 4 is 22.5 Å². The summed E-state index contributed by atoms with van der Waals surface area (Å²) in [6.07, 6.45) is 5.11. The molecule has 0 radical (unpaired) electrons. The molecule has 7 heteroatoms. The van der Waals surface area contributed by atoms with Crippen molar-refractivity contribution in [3.63, 3.8) is 0 Å². The molecule has 0 fully saturated rings. The van der Waals surface area contributed by atoms with E-state index < -0.39 is 0 Å². The number of hydrogen-bond donors (Lipinski definition) is 2. The largest absolute Gasteiger partial charge is 0.475 e. The maximum atomic E-state index is 12.7. The van der Waals surface area contributed by atoms with E-state index in [4.69, 9.17) is 4.74 Å². The van der Waals surface area contributed by atoms with Crippen LogP contribution in [-0.2, 0) is 0 Å². The minimum absolute atomic E-state index is 0.0392. The van der Waals surface area contributed by atoms with Crippen LogP contribution in [0, 0.1) is 0 Å². The summed E-state index contributed by atoms with van der Waals surface area (Å²) < 4.78 is 5.51. The van der Waals surface area contributed by atoms with Gasteiger partial charge in [0.2, 0.25) is 5.88 Å². The number of amides is 1. The highest BCUT2D eigenvalue weighted by Crippen LogP contribution is 2.25. The van der Waals surface area contributed by atoms with E-state index in [2.05, 4.69) is 25.5 Å². The molecule has 4 aromatic rings. The van der Waals surface area contributed by atoms with Gasteiger partial charge in [0.1, 0.15) is 0 Å². The number of benzene rings is 1. The topological polar surface area (TPSA) is 92.8 Å². The second-order valence-corrected chi connectivity index (χ2v) is 6.58. The van der Waals surface area contributed by atoms with Gasteiger partial charge in [0.25, 0.3) is 5.91 Å². The average Bonchev–Trinajstić information content (AvgIpc) is 3.13. The number of H-pyrrole nitrogens is 1. The Kier molecular flexibility index (Phi) is 4.72. The van der Waals surface area contributed by atoms with E-state index in [-0.39, 0.29) is 12.0 Å². The van der Waals surface area contributed by atoms with E-state index in [0.717, 1.165) is 22.0 Å². The van der Waals surface area contributed by atoms with E-state index in [0.29, 0.717) is 17.3 Å². The first-order chi connectivity index (χ1) is 13.6. The van der Waals surface area contributed by atoms with Gasteiger partial charge in [0, 0.05) is 29.4 Å². The molecule has 1 amide bonds. The molecule has 3 aromatic heterocycles. The lowest BCUT2D eigenvalue weighted by Crippen LogP contribution is -2.13. The summed E-state index contributed by atoms with van der Waals surface area (Å²) in [6, 6.07) is 13.1. The lowest BCUT2D eigenvalue weighted by Gasteiger charge is -2.09. The zero-order valence-corrected chi connectivity index (χ0v) is 15.5. The molecule has 0 aliphatic rings. The minimum atomic E-state index is -0.311. The van der Waals surface area contributed by atoms with Gasteiger partial charge in [-0.25, -0.2) is 4.98 Å². The Labute approximate surface area is 161 Å². The van der Waals surface area contributed by atoms with Gasteiger partial charge >= 0.3 is 0 Å². The third-order valence-electron chi connectivity index (χ3n) is 4.12. The monoisotopic (exact) mass is 373 g/mol. The maximum Gasteiger partial charge on any atom is 0.276 e. The van der Waals surface area contributed by atoms with Crippen LogP contribution in [0.3, 0.4) is 0 Å². The Bertz CT molecular complexity index is 1100. The van der Waals surface area contributed by atoms with Crippen LogP contribution >= 0.6 is 0 Å². The lowest BCUT2D eigenvalue weighted by atomic mass is 10.0. The minimum Gasteiger partial charge on any atom is -0.475 e. The molecule has 0 bridgehead atoms. The Morgan fingerprint density at radius 3 is 2.71 bits per heavy atom. The number of ether oxygens (including phenoxy) is 1. The second-order valence-electron chi connectivity index (χ2n) is 6.58. The van der Waals surface area contributed by atoms with Gasteiger partial charge in [0.05, 0.1) is 23.5 Å². The lowest BCUT2D eigenvalue weighted by molar-refractivity contribution is 0.102. The molecule has 0 aliphatic carbocycles. The standard InChI is InChI=1S/C21H19N5O2/c1-13(2)28-19-8-6-16(12-23-19)24-21(27)20-17-10-14(5-7-18(17)25-26-20)15-4-3-9-22-11-15/h3-13H,1-2H3,(H,24,27)(H,25,26). The number of nitrogens with one attached hydrogen (secondary N) is 2. The Hall–Kier alpha value is -3.74. The number of hydrogen-bond acceptors (Lipinski definition) is 5. The number of aromatic nitrogens is 4. The fraction of sp³-hybridized carbons (Fsp3) is 0.143. The van der Waals surface area contributed by atoms with Gasteiger partial charge in [-0.15, -0.1) is 0 Å². The summed E-state index contributed by atoms with van der Waals surface area (Å²) >= 11 is 0. The zero-order chi connectivity index (χ0) is 19.5. The number of rotatable bonds is 5. The number of anilines is 1. The molecule has 0 atom stereocenters. The van der Waals surface area contributed by atoms with Gasteiger partial charge < -0.3 is 10.1 Å². The summed E-state index contributed by atoms with van der Waals surface area (Å²) in [6.45, 7) is 3.86. The molecule has 2 N–H and O–H groups in total. The van der Waals surface area contributed by atoms with Crippen LogP contribution in [0.25, 0.3) is 22.0 Å². The maximum absolute atomic E-state index is 12.7. The molecular weight excluding hydrogens is 354 g/mol. The van der Waals surface area contributed by atoms with Crippen molar-refractivity contribution < 1.29 is 9.53 Å². The Morgan fingerprint density at radius 1 is 1.11 bits per heavy atom. The molecule has 1 aromatic carbocycles. The van der Waals surface area contributed by atoms with E-state index in [1.807, 2.05) is 44.2 Å². The second kappa shape index (κ2) is 7.48. The Morgan fingerprint density at radius 2 is 2.00 bits per heavy atom. The van der Waals surface area contributed by atoms with Crippen molar-refractivity contribution in [2.75, 3.05) is 5.32 Å². The van der Waals surface area contributed by atoms with E-state index in [1.54, 1.807) is 30.7 Å². The number of nitrogens with zero attached hydrogens (tertiary/aromatic N) is 3. The van der Waals surface area contributed by atoms with Gasteiger partial charge in [-0.1, -0.05) is 12.1 Å². The molecule has 7 nitrogen and oxygen atoms in total. The third kappa shape index (κ3) is 3.68. The number of carbonyl (C=O) groups excluding carboxylic acids is 1. The molecule has 0 aliphatic heterocycles. The predicted octanol–water partition coefficient (Wildman–Crippen LogP) is 4.06. The first kappa shape index (κ1) is 17.7. The highest BCUT2D eigenvalue weighted by atomic mass is 16.5. The van der Waals surface area contributed by atoms with Crippen molar-refractivity contribution in [1.82, 2.24) is 20.2 Å². The highest BCUT2D eigenvalue weighted by Gasteiger charge is 2.15. The predicted molar refractivity (Wildman–Crippen MR) is 107 cm³/mol. The quantitative estimate of drug-likeness (QED) is 0.550. The number of aromatic amines is 1. The number of carbonyl (C=O) groups is 1. The van der Waals surface area contributed by atoms with Crippen molar-refractivity contribution in [3.8, 4) is 17.0 Å². The van der Waals surface area contributed by atoms with Gasteiger partial charge in [-0.2, -0.15) is 5.10 Å². The zero-order valence-electron chi connectivity index (χ0n) is 15.5. The van der Waals surface area contributed by atoms with E-state index >= 15 is 0 Å². The normalized spacial score (nSPS) is 11.0. The van der Waals surface area contributed by atoms with Crippen LogP contribution in [0.5, 0.6) is 5.88 Å².